The second-order valence-corrected chi connectivity index (χ2v) is 4.59. The Labute approximate surface area is 106 Å². The van der Waals surface area contributed by atoms with Gasteiger partial charge in [-0.15, -0.1) is 0 Å². The summed E-state index contributed by atoms with van der Waals surface area (Å²) in [6.07, 6.45) is 2.10. The van der Waals surface area contributed by atoms with Crippen molar-refractivity contribution in [1.82, 2.24) is 15.0 Å². The standard InChI is InChI=1S/C10H19N5OS/c1-7(2)16-10-14-8(11-3)13-9(15-10)12-5-6-17-4/h7H,5-6H2,1-4H3,(H2,11,12,13,14,15). The zero-order chi connectivity index (χ0) is 12.7. The zero-order valence-electron chi connectivity index (χ0n) is 10.6. The Morgan fingerprint density at radius 1 is 1.24 bits per heavy atom. The van der Waals surface area contributed by atoms with Gasteiger partial charge in [0.25, 0.3) is 0 Å². The van der Waals surface area contributed by atoms with Crippen LogP contribution in [-0.4, -0.2) is 46.7 Å². The molecule has 1 heterocycles. The van der Waals surface area contributed by atoms with Crippen molar-refractivity contribution in [2.75, 3.05) is 36.2 Å². The molecule has 7 heteroatoms. The molecule has 0 amide bonds. The minimum atomic E-state index is 0.0427. The number of aromatic nitrogens is 3. The lowest BCUT2D eigenvalue weighted by Crippen LogP contribution is -2.14. The molecule has 0 aromatic carbocycles. The summed E-state index contributed by atoms with van der Waals surface area (Å²) in [6.45, 7) is 4.68. The highest BCUT2D eigenvalue weighted by atomic mass is 32.2. The summed E-state index contributed by atoms with van der Waals surface area (Å²) >= 11 is 1.77. The van der Waals surface area contributed by atoms with E-state index in [0.717, 1.165) is 12.3 Å². The number of nitrogens with one attached hydrogen (secondary N) is 2. The Hall–Kier alpha value is -1.24. The molecule has 0 unspecified atom stereocenters. The highest BCUT2D eigenvalue weighted by molar-refractivity contribution is 7.98. The van der Waals surface area contributed by atoms with E-state index in [-0.39, 0.29) is 6.10 Å². The maximum atomic E-state index is 5.46. The Balaban J connectivity index is 2.74. The molecule has 17 heavy (non-hydrogen) atoms. The van der Waals surface area contributed by atoms with E-state index in [2.05, 4.69) is 31.8 Å². The van der Waals surface area contributed by atoms with Gasteiger partial charge in [0.05, 0.1) is 6.10 Å². The van der Waals surface area contributed by atoms with Gasteiger partial charge in [0.15, 0.2) is 0 Å². The fourth-order valence-corrected chi connectivity index (χ4v) is 1.38. The highest BCUT2D eigenvalue weighted by Crippen LogP contribution is 2.12. The topological polar surface area (TPSA) is 72.0 Å². The molecule has 1 rings (SSSR count). The van der Waals surface area contributed by atoms with Crippen molar-refractivity contribution in [2.45, 2.75) is 20.0 Å². The van der Waals surface area contributed by atoms with Crippen LogP contribution < -0.4 is 15.4 Å². The number of nitrogens with zero attached hydrogens (tertiary/aromatic N) is 3. The van der Waals surface area contributed by atoms with E-state index in [4.69, 9.17) is 4.74 Å². The molecule has 1 aromatic rings. The van der Waals surface area contributed by atoms with E-state index in [0.29, 0.717) is 17.9 Å². The largest absolute Gasteiger partial charge is 0.461 e. The van der Waals surface area contributed by atoms with Gasteiger partial charge in [0.1, 0.15) is 0 Å². The first-order chi connectivity index (χ1) is 8.15. The molecule has 2 N–H and O–H groups in total. The SMILES string of the molecule is CNc1nc(NCCSC)nc(OC(C)C)n1. The molecule has 0 saturated carbocycles. The van der Waals surface area contributed by atoms with E-state index in [1.807, 2.05) is 13.8 Å². The highest BCUT2D eigenvalue weighted by Gasteiger charge is 2.07. The predicted molar refractivity (Wildman–Crippen MR) is 72.0 cm³/mol. The predicted octanol–water partition coefficient (Wildman–Crippen LogP) is 1.48. The van der Waals surface area contributed by atoms with Crippen molar-refractivity contribution in [2.24, 2.45) is 0 Å². The lowest BCUT2D eigenvalue weighted by Gasteiger charge is -2.10. The summed E-state index contributed by atoms with van der Waals surface area (Å²) in [5, 5.41) is 6.01. The van der Waals surface area contributed by atoms with Crippen molar-refractivity contribution in [3.8, 4) is 6.01 Å². The molecule has 0 bridgehead atoms. The second-order valence-electron chi connectivity index (χ2n) is 3.60. The average Bonchev–Trinajstić information content (AvgIpc) is 2.28. The number of thioether (sulfide) groups is 1. The Kier molecular flexibility index (Phi) is 5.82. The van der Waals surface area contributed by atoms with Gasteiger partial charge in [0, 0.05) is 19.3 Å². The van der Waals surface area contributed by atoms with Gasteiger partial charge in [-0.25, -0.2) is 0 Å². The minimum Gasteiger partial charge on any atom is -0.461 e. The fraction of sp³-hybridized carbons (Fsp3) is 0.700. The Bertz CT molecular complexity index is 347. The zero-order valence-corrected chi connectivity index (χ0v) is 11.5. The number of hydrogen-bond acceptors (Lipinski definition) is 7. The van der Waals surface area contributed by atoms with Gasteiger partial charge in [-0.05, 0) is 20.1 Å². The van der Waals surface area contributed by atoms with E-state index in [1.165, 1.54) is 0 Å². The lowest BCUT2D eigenvalue weighted by atomic mass is 10.5. The number of hydrogen-bond donors (Lipinski definition) is 2. The molecular formula is C10H19N5OS. The molecule has 0 aliphatic rings. The van der Waals surface area contributed by atoms with Gasteiger partial charge >= 0.3 is 6.01 Å². The van der Waals surface area contributed by atoms with Crippen LogP contribution in [0.2, 0.25) is 0 Å². The van der Waals surface area contributed by atoms with E-state index in [1.54, 1.807) is 18.8 Å². The molecule has 0 radical (unpaired) electrons. The summed E-state index contributed by atoms with van der Waals surface area (Å²) in [6, 6.07) is 0.339. The first kappa shape index (κ1) is 13.8. The van der Waals surface area contributed by atoms with Crippen LogP contribution >= 0.6 is 11.8 Å². The molecule has 0 fully saturated rings. The van der Waals surface area contributed by atoms with Crippen molar-refractivity contribution in [3.63, 3.8) is 0 Å². The second kappa shape index (κ2) is 7.16. The van der Waals surface area contributed by atoms with Crippen LogP contribution in [-0.2, 0) is 0 Å². The maximum absolute atomic E-state index is 5.46. The third kappa shape index (κ3) is 5.08. The van der Waals surface area contributed by atoms with E-state index < -0.39 is 0 Å². The van der Waals surface area contributed by atoms with Crippen LogP contribution in [0.5, 0.6) is 6.01 Å². The molecule has 6 nitrogen and oxygen atoms in total. The van der Waals surface area contributed by atoms with Crippen LogP contribution in [0.4, 0.5) is 11.9 Å². The molecule has 0 aliphatic carbocycles. The maximum Gasteiger partial charge on any atom is 0.323 e. The first-order valence-electron chi connectivity index (χ1n) is 5.49. The molecule has 1 aromatic heterocycles. The van der Waals surface area contributed by atoms with Crippen molar-refractivity contribution in [1.29, 1.82) is 0 Å². The molecule has 0 aliphatic heterocycles. The fourth-order valence-electron chi connectivity index (χ4n) is 1.08. The third-order valence-corrected chi connectivity index (χ3v) is 2.38. The molecular weight excluding hydrogens is 238 g/mol. The van der Waals surface area contributed by atoms with E-state index in [9.17, 15) is 0 Å². The van der Waals surface area contributed by atoms with Gasteiger partial charge in [-0.3, -0.25) is 0 Å². The van der Waals surface area contributed by atoms with Gasteiger partial charge in [-0.2, -0.15) is 26.7 Å². The van der Waals surface area contributed by atoms with Gasteiger partial charge < -0.3 is 15.4 Å². The summed E-state index contributed by atoms with van der Waals surface area (Å²) in [5.41, 5.74) is 0. The molecule has 0 saturated heterocycles. The Morgan fingerprint density at radius 2 is 1.94 bits per heavy atom. The lowest BCUT2D eigenvalue weighted by molar-refractivity contribution is 0.222. The van der Waals surface area contributed by atoms with Crippen LogP contribution in [0.25, 0.3) is 0 Å². The van der Waals surface area contributed by atoms with Crippen molar-refractivity contribution in [3.05, 3.63) is 0 Å². The van der Waals surface area contributed by atoms with E-state index >= 15 is 0 Å². The van der Waals surface area contributed by atoms with Crippen LogP contribution in [0, 0.1) is 0 Å². The first-order valence-corrected chi connectivity index (χ1v) is 6.88. The van der Waals surface area contributed by atoms with Gasteiger partial charge in [-0.1, -0.05) is 0 Å². The summed E-state index contributed by atoms with van der Waals surface area (Å²) in [7, 11) is 1.76. The monoisotopic (exact) mass is 257 g/mol. The summed E-state index contributed by atoms with van der Waals surface area (Å²) < 4.78 is 5.46. The summed E-state index contributed by atoms with van der Waals surface area (Å²) in [4.78, 5) is 12.5. The third-order valence-electron chi connectivity index (χ3n) is 1.77. The number of ether oxygens (including phenoxy) is 1. The molecule has 0 spiro atoms. The molecule has 96 valence electrons. The minimum absolute atomic E-state index is 0.0427. The van der Waals surface area contributed by atoms with Crippen LogP contribution in [0.1, 0.15) is 13.8 Å². The number of rotatable bonds is 7. The summed E-state index contributed by atoms with van der Waals surface area (Å²) in [5.74, 6) is 2.04. The Morgan fingerprint density at radius 3 is 2.53 bits per heavy atom. The number of anilines is 2. The normalized spacial score (nSPS) is 10.4. The van der Waals surface area contributed by atoms with Crippen molar-refractivity contribution >= 4 is 23.7 Å². The smallest absolute Gasteiger partial charge is 0.323 e. The van der Waals surface area contributed by atoms with Crippen LogP contribution in [0.15, 0.2) is 0 Å². The van der Waals surface area contributed by atoms with Crippen molar-refractivity contribution < 1.29 is 4.74 Å². The average molecular weight is 257 g/mol. The van der Waals surface area contributed by atoms with Gasteiger partial charge in [0.2, 0.25) is 11.9 Å². The molecule has 0 atom stereocenters. The van der Waals surface area contributed by atoms with Crippen LogP contribution in [0.3, 0.4) is 0 Å². The quantitative estimate of drug-likeness (QED) is 0.717.